The van der Waals surface area contributed by atoms with Gasteiger partial charge in [0.15, 0.2) is 17.6 Å². The average Bonchev–Trinajstić information content (AvgIpc) is 3.10. The molecular formula is C35H54N4O15. The second-order valence-corrected chi connectivity index (χ2v) is 12.0. The molecule has 0 spiro atoms. The smallest absolute Gasteiger partial charge is 0.414 e. The van der Waals surface area contributed by atoms with E-state index in [0.717, 1.165) is 24.1 Å². The van der Waals surface area contributed by atoms with Crippen molar-refractivity contribution in [2.75, 3.05) is 61.8 Å². The molecule has 0 heterocycles. The Kier molecular flexibility index (Phi) is 24.0. The van der Waals surface area contributed by atoms with Crippen LogP contribution in [0.1, 0.15) is 44.7 Å². The van der Waals surface area contributed by atoms with Crippen LogP contribution in [0.4, 0.5) is 0 Å². The Labute approximate surface area is 314 Å². The third-order valence-electron chi connectivity index (χ3n) is 8.24. The van der Waals surface area contributed by atoms with E-state index in [4.69, 9.17) is 48.3 Å². The fourth-order valence-electron chi connectivity index (χ4n) is 5.32. The van der Waals surface area contributed by atoms with Crippen LogP contribution in [0.5, 0.6) is 23.0 Å². The number of likely N-dealkylation sites (N-methyl/N-ethyl adjacent to an activating group) is 1. The van der Waals surface area contributed by atoms with Gasteiger partial charge in [-0.15, -0.1) is 10.1 Å². The molecule has 7 N–H and O–H groups in total. The van der Waals surface area contributed by atoms with Gasteiger partial charge >= 0.3 is 11.9 Å². The molecule has 1 amide bonds. The second kappa shape index (κ2) is 25.5. The number of nitriles is 1. The lowest BCUT2D eigenvalue weighted by molar-refractivity contribution is -0.769. The molecule has 3 unspecified atom stereocenters. The molecule has 0 bridgehead atoms. The summed E-state index contributed by atoms with van der Waals surface area (Å²) in [6.07, 6.45) is 1.02. The number of methoxy groups -OCH3 is 4. The Balaban J connectivity index is 0. The number of carbonyl (C=O) groups excluding carboxylic acids is 1. The molecule has 2 rings (SSSR count). The zero-order valence-corrected chi connectivity index (χ0v) is 31.9. The normalized spacial score (nSPS) is 12.5. The molecule has 3 atom stereocenters. The quantitative estimate of drug-likeness (QED) is 0.0925. The minimum atomic E-state index is -1.82. The Bertz CT molecular complexity index is 1480. The highest BCUT2D eigenvalue weighted by atomic mass is 17.0. The van der Waals surface area contributed by atoms with Gasteiger partial charge < -0.3 is 59.9 Å². The van der Waals surface area contributed by atoms with Crippen LogP contribution >= 0.6 is 0 Å². The Morgan fingerprint density at radius 2 is 1.54 bits per heavy atom. The SMILES string of the molecule is COCC(=O)NC(C)C(COc1ccccc1CCN(C)CCCC(C#N)(c1cc(OC)c(OC)c(OC)c1)C(C)C)O[N+](=O)[O-].O.O.O=C(O)C(=O)O. The maximum Gasteiger partial charge on any atom is 0.414 e. The molecule has 0 saturated heterocycles. The first-order chi connectivity index (χ1) is 24.6. The molecule has 304 valence electrons. The summed E-state index contributed by atoms with van der Waals surface area (Å²) < 4.78 is 27.4. The van der Waals surface area contributed by atoms with Crippen LogP contribution in [-0.4, -0.2) is 123 Å². The molecule has 0 aliphatic rings. The number of hydrogen-bond donors (Lipinski definition) is 3. The molecule has 2 aromatic rings. The summed E-state index contributed by atoms with van der Waals surface area (Å²) in [5.74, 6) is -1.96. The minimum Gasteiger partial charge on any atom is -0.493 e. The van der Waals surface area contributed by atoms with Gasteiger partial charge in [0, 0.05) is 13.7 Å². The highest BCUT2D eigenvalue weighted by Gasteiger charge is 2.37. The van der Waals surface area contributed by atoms with Crippen molar-refractivity contribution in [1.29, 1.82) is 5.26 Å². The molecule has 0 aliphatic carbocycles. The van der Waals surface area contributed by atoms with Gasteiger partial charge in [0.2, 0.25) is 11.7 Å². The number of benzene rings is 2. The average molecular weight is 771 g/mol. The fraction of sp³-hybridized carbons (Fsp3) is 0.543. The first kappa shape index (κ1) is 50.7. The van der Waals surface area contributed by atoms with Gasteiger partial charge in [-0.25, -0.2) is 9.59 Å². The van der Waals surface area contributed by atoms with E-state index in [1.54, 1.807) is 34.3 Å². The summed E-state index contributed by atoms with van der Waals surface area (Å²) in [5, 5.41) is 38.1. The third-order valence-corrected chi connectivity index (χ3v) is 8.24. The molecule has 0 radical (unpaired) electrons. The number of carboxylic acid groups (broad SMARTS) is 2. The number of nitrogens with one attached hydrogen (secondary N) is 1. The van der Waals surface area contributed by atoms with E-state index in [9.17, 15) is 20.2 Å². The highest BCUT2D eigenvalue weighted by molar-refractivity contribution is 6.27. The van der Waals surface area contributed by atoms with Crippen molar-refractivity contribution in [1.82, 2.24) is 10.2 Å². The minimum absolute atomic E-state index is 0. The van der Waals surface area contributed by atoms with E-state index in [1.165, 1.54) is 7.11 Å². The summed E-state index contributed by atoms with van der Waals surface area (Å²) in [5.41, 5.74) is 0.979. The van der Waals surface area contributed by atoms with E-state index in [0.29, 0.717) is 42.4 Å². The van der Waals surface area contributed by atoms with E-state index < -0.39 is 40.5 Å². The van der Waals surface area contributed by atoms with Crippen molar-refractivity contribution in [2.45, 2.75) is 57.6 Å². The zero-order chi connectivity index (χ0) is 39.4. The van der Waals surface area contributed by atoms with Gasteiger partial charge in [-0.1, -0.05) is 32.0 Å². The standard InChI is InChI=1S/C33H48N4O9.C2H2O4.2H2O/c1-23(2)33(22-34,26-18-28(42-6)32(44-8)29(19-26)43-7)15-11-16-36(4)17-14-25-12-9-10-13-27(25)45-20-30(46-37(39)40)24(3)35-31(38)21-41-5;3-1(4)2(5)6;;/h9-10,12-13,18-19,23-24,30H,11,14-17,20-21H2,1-8H3,(H,35,38);(H,3,4)(H,5,6);2*1H2. The van der Waals surface area contributed by atoms with Crippen LogP contribution in [0.25, 0.3) is 0 Å². The first-order valence-electron chi connectivity index (χ1n) is 16.3. The van der Waals surface area contributed by atoms with Gasteiger partial charge in [0.1, 0.15) is 19.0 Å². The number of para-hydroxylation sites is 1. The molecule has 19 heteroatoms. The number of hydrogen-bond acceptors (Lipinski definition) is 13. The lowest BCUT2D eigenvalue weighted by Gasteiger charge is -2.33. The molecule has 0 aliphatic heterocycles. The van der Waals surface area contributed by atoms with Crippen molar-refractivity contribution >= 4 is 17.8 Å². The number of ether oxygens (including phenoxy) is 5. The molecular weight excluding hydrogens is 716 g/mol. The largest absolute Gasteiger partial charge is 0.493 e. The number of carboxylic acids is 2. The summed E-state index contributed by atoms with van der Waals surface area (Å²) in [6.45, 7) is 6.84. The van der Waals surface area contributed by atoms with Gasteiger partial charge in [-0.05, 0) is 75.0 Å². The number of amides is 1. The monoisotopic (exact) mass is 770 g/mol. The molecule has 0 fully saturated rings. The second-order valence-electron chi connectivity index (χ2n) is 12.0. The fourth-order valence-corrected chi connectivity index (χ4v) is 5.32. The maximum absolute atomic E-state index is 11.9. The van der Waals surface area contributed by atoms with Crippen LogP contribution in [0.3, 0.4) is 0 Å². The summed E-state index contributed by atoms with van der Waals surface area (Å²) in [7, 11) is 8.08. The van der Waals surface area contributed by atoms with Crippen molar-refractivity contribution in [3.05, 3.63) is 57.6 Å². The number of carbonyl (C=O) groups is 3. The van der Waals surface area contributed by atoms with E-state index in [2.05, 4.69) is 16.3 Å². The molecule has 0 aromatic heterocycles. The van der Waals surface area contributed by atoms with Crippen molar-refractivity contribution in [3.8, 4) is 29.1 Å². The Morgan fingerprint density at radius 1 is 0.963 bits per heavy atom. The van der Waals surface area contributed by atoms with Crippen LogP contribution in [0, 0.1) is 27.4 Å². The zero-order valence-electron chi connectivity index (χ0n) is 31.9. The molecule has 19 nitrogen and oxygen atoms in total. The molecule has 2 aromatic carbocycles. The van der Waals surface area contributed by atoms with E-state index >= 15 is 0 Å². The lowest BCUT2D eigenvalue weighted by Crippen LogP contribution is -2.47. The van der Waals surface area contributed by atoms with E-state index in [1.807, 2.05) is 51.2 Å². The first-order valence-corrected chi connectivity index (χ1v) is 16.3. The van der Waals surface area contributed by atoms with Gasteiger partial charge in [0.05, 0.1) is 38.9 Å². The van der Waals surface area contributed by atoms with Crippen LogP contribution in [-0.2, 0) is 35.8 Å². The topological polar surface area (TPSA) is 292 Å². The van der Waals surface area contributed by atoms with Crippen molar-refractivity contribution in [3.63, 3.8) is 0 Å². The van der Waals surface area contributed by atoms with Gasteiger partial charge in [0.25, 0.3) is 5.09 Å². The maximum atomic E-state index is 11.9. The Morgan fingerprint density at radius 3 is 2.00 bits per heavy atom. The lowest BCUT2D eigenvalue weighted by atomic mass is 9.69. The summed E-state index contributed by atoms with van der Waals surface area (Å²) >= 11 is 0. The predicted molar refractivity (Wildman–Crippen MR) is 194 cm³/mol. The van der Waals surface area contributed by atoms with E-state index in [-0.39, 0.29) is 30.1 Å². The van der Waals surface area contributed by atoms with Crippen molar-refractivity contribution < 1.29 is 69.2 Å². The number of nitrogens with zero attached hydrogens (tertiary/aromatic N) is 3. The van der Waals surface area contributed by atoms with Crippen molar-refractivity contribution in [2.24, 2.45) is 5.92 Å². The highest BCUT2D eigenvalue weighted by Crippen LogP contribution is 2.45. The predicted octanol–water partition coefficient (Wildman–Crippen LogP) is 1.70. The Hall–Kier alpha value is -5.42. The summed E-state index contributed by atoms with van der Waals surface area (Å²) in [4.78, 5) is 48.2. The molecule has 0 saturated carbocycles. The van der Waals surface area contributed by atoms with Gasteiger partial charge in [-0.2, -0.15) is 5.26 Å². The van der Waals surface area contributed by atoms with Gasteiger partial charge in [-0.3, -0.25) is 4.79 Å². The van der Waals surface area contributed by atoms with Crippen LogP contribution < -0.4 is 24.3 Å². The summed E-state index contributed by atoms with van der Waals surface area (Å²) in [6, 6.07) is 13.1. The number of aliphatic carboxylic acids is 2. The van der Waals surface area contributed by atoms with Crippen LogP contribution in [0.15, 0.2) is 36.4 Å². The third kappa shape index (κ3) is 15.7. The number of rotatable bonds is 21. The van der Waals surface area contributed by atoms with Crippen LogP contribution in [0.2, 0.25) is 0 Å². The molecule has 54 heavy (non-hydrogen) atoms.